The summed E-state index contributed by atoms with van der Waals surface area (Å²) in [5.74, 6) is 0.677. The molecule has 26 heavy (non-hydrogen) atoms. The van der Waals surface area contributed by atoms with Gasteiger partial charge in [-0.1, -0.05) is 49.2 Å². The molecule has 0 amide bonds. The van der Waals surface area contributed by atoms with Gasteiger partial charge in [-0.15, -0.1) is 0 Å². The highest BCUT2D eigenvalue weighted by Crippen LogP contribution is 2.27. The maximum absolute atomic E-state index is 11.7. The fourth-order valence-corrected chi connectivity index (χ4v) is 2.89. The molecule has 0 bridgehead atoms. The van der Waals surface area contributed by atoms with Crippen LogP contribution in [0.25, 0.3) is 11.1 Å². The van der Waals surface area contributed by atoms with Crippen LogP contribution in [0.15, 0.2) is 89.9 Å². The summed E-state index contributed by atoms with van der Waals surface area (Å²) >= 11 is 2.18. The molecule has 132 valence electrons. The molecule has 0 saturated heterocycles. The van der Waals surface area contributed by atoms with Gasteiger partial charge < -0.3 is 4.74 Å². The number of hydrogen-bond donors (Lipinski definition) is 0. The summed E-state index contributed by atoms with van der Waals surface area (Å²) in [6.45, 7) is 8.76. The van der Waals surface area contributed by atoms with Crippen LogP contribution in [0.1, 0.15) is 6.92 Å². The summed E-state index contributed by atoms with van der Waals surface area (Å²) in [5.41, 5.74) is 2.63. The van der Waals surface area contributed by atoms with Crippen molar-refractivity contribution in [2.75, 3.05) is 0 Å². The Morgan fingerprint density at radius 1 is 1.00 bits per heavy atom. The Labute approximate surface area is 161 Å². The van der Waals surface area contributed by atoms with E-state index in [1.165, 1.54) is 24.1 Å². The molecular weight excluding hydrogens is 364 g/mol. The average molecular weight is 383 g/mol. The van der Waals surface area contributed by atoms with Crippen LogP contribution in [-0.2, 0) is 9.59 Å². The average Bonchev–Trinajstić information content (AvgIpc) is 2.66. The number of benzene rings is 2. The van der Waals surface area contributed by atoms with Gasteiger partial charge in [0.1, 0.15) is 5.75 Å². The van der Waals surface area contributed by atoms with Crippen molar-refractivity contribution in [1.29, 1.82) is 0 Å². The van der Waals surface area contributed by atoms with Crippen molar-refractivity contribution in [2.45, 2.75) is 11.8 Å². The predicted octanol–water partition coefficient (Wildman–Crippen LogP) is 5.84. The lowest BCUT2D eigenvalue weighted by Gasteiger charge is -2.05. The van der Waals surface area contributed by atoms with Crippen molar-refractivity contribution in [3.63, 3.8) is 0 Å². The van der Waals surface area contributed by atoms with E-state index >= 15 is 0 Å². The van der Waals surface area contributed by atoms with Gasteiger partial charge in [0.2, 0.25) is 10.2 Å². The highest BCUT2D eigenvalue weighted by Gasteiger charge is 2.06. The van der Waals surface area contributed by atoms with Gasteiger partial charge in [-0.3, -0.25) is 9.59 Å². The van der Waals surface area contributed by atoms with Crippen LogP contribution in [0.5, 0.6) is 5.75 Å². The first-order chi connectivity index (χ1) is 12.5. The first kappa shape index (κ1) is 19.8. The SMILES string of the molecule is C=CC(=O)SC=COc1ccc(-c2ccc(SC(=O)C(=C)C)cc2)cc1. The number of carbonyl (C=O) groups excluding carboxylic acids is 2. The largest absolute Gasteiger partial charge is 0.464 e. The highest BCUT2D eigenvalue weighted by molar-refractivity contribution is 8.16. The van der Waals surface area contributed by atoms with Crippen molar-refractivity contribution in [2.24, 2.45) is 0 Å². The van der Waals surface area contributed by atoms with Crippen LogP contribution in [0.3, 0.4) is 0 Å². The van der Waals surface area contributed by atoms with E-state index in [0.29, 0.717) is 11.3 Å². The van der Waals surface area contributed by atoms with E-state index in [-0.39, 0.29) is 10.2 Å². The molecule has 0 heterocycles. The number of rotatable bonds is 7. The summed E-state index contributed by atoms with van der Waals surface area (Å²) in [7, 11) is 0. The molecule has 5 heteroatoms. The Morgan fingerprint density at radius 3 is 2.12 bits per heavy atom. The summed E-state index contributed by atoms with van der Waals surface area (Å²) in [4.78, 5) is 23.6. The van der Waals surface area contributed by atoms with Crippen LogP contribution in [0.4, 0.5) is 0 Å². The molecule has 0 spiro atoms. The van der Waals surface area contributed by atoms with Gasteiger partial charge in [0.15, 0.2) is 0 Å². The topological polar surface area (TPSA) is 43.4 Å². The molecule has 2 rings (SSSR count). The van der Waals surface area contributed by atoms with Crippen LogP contribution in [0, 0.1) is 0 Å². The van der Waals surface area contributed by atoms with Gasteiger partial charge >= 0.3 is 0 Å². The minimum absolute atomic E-state index is 0.0275. The molecule has 0 aliphatic carbocycles. The van der Waals surface area contributed by atoms with Crippen LogP contribution >= 0.6 is 23.5 Å². The van der Waals surface area contributed by atoms with Crippen molar-refractivity contribution >= 4 is 33.8 Å². The smallest absolute Gasteiger partial charge is 0.219 e. The first-order valence-corrected chi connectivity index (χ1v) is 9.42. The molecule has 0 unspecified atom stereocenters. The molecule has 0 atom stereocenters. The highest BCUT2D eigenvalue weighted by atomic mass is 32.2. The summed E-state index contributed by atoms with van der Waals surface area (Å²) < 4.78 is 5.44. The van der Waals surface area contributed by atoms with E-state index in [2.05, 4.69) is 13.2 Å². The van der Waals surface area contributed by atoms with Gasteiger partial charge in [-0.25, -0.2) is 0 Å². The third-order valence-corrected chi connectivity index (χ3v) is 4.90. The number of thioether (sulfide) groups is 2. The molecule has 3 nitrogen and oxygen atoms in total. The lowest BCUT2D eigenvalue weighted by Crippen LogP contribution is -1.90. The van der Waals surface area contributed by atoms with Crippen molar-refractivity contribution < 1.29 is 14.3 Å². The Kier molecular flexibility index (Phi) is 7.51. The van der Waals surface area contributed by atoms with E-state index < -0.39 is 0 Å². The third kappa shape index (κ3) is 6.10. The van der Waals surface area contributed by atoms with Gasteiger partial charge in [0.05, 0.1) is 6.26 Å². The Bertz CT molecular complexity index is 835. The summed E-state index contributed by atoms with van der Waals surface area (Å²) in [5, 5.41) is 1.41. The van der Waals surface area contributed by atoms with E-state index in [1.54, 1.807) is 12.3 Å². The summed E-state index contributed by atoms with van der Waals surface area (Å²) in [6, 6.07) is 15.4. The lowest BCUT2D eigenvalue weighted by molar-refractivity contribution is -0.108. The van der Waals surface area contributed by atoms with Crippen molar-refractivity contribution in [3.8, 4) is 16.9 Å². The predicted molar refractivity (Wildman–Crippen MR) is 110 cm³/mol. The molecule has 0 saturated carbocycles. The van der Waals surface area contributed by atoms with E-state index in [1.807, 2.05) is 48.5 Å². The minimum atomic E-state index is -0.133. The second-order valence-electron chi connectivity index (χ2n) is 5.25. The zero-order valence-corrected chi connectivity index (χ0v) is 15.9. The van der Waals surface area contributed by atoms with Crippen molar-refractivity contribution in [3.05, 3.63) is 85.0 Å². The van der Waals surface area contributed by atoms with Gasteiger partial charge in [-0.05, 0) is 65.7 Å². The minimum Gasteiger partial charge on any atom is -0.464 e. The van der Waals surface area contributed by atoms with Gasteiger partial charge in [-0.2, -0.15) is 0 Å². The van der Waals surface area contributed by atoms with Gasteiger partial charge in [0, 0.05) is 10.3 Å². The Morgan fingerprint density at radius 2 is 1.58 bits per heavy atom. The van der Waals surface area contributed by atoms with E-state index in [0.717, 1.165) is 27.8 Å². The molecule has 0 aliphatic rings. The van der Waals surface area contributed by atoms with Crippen LogP contribution < -0.4 is 4.74 Å². The molecule has 2 aromatic carbocycles. The molecule has 0 aromatic heterocycles. The van der Waals surface area contributed by atoms with E-state index in [4.69, 9.17) is 4.74 Å². The molecular formula is C21H18O3S2. The lowest BCUT2D eigenvalue weighted by atomic mass is 10.1. The number of hydrogen-bond acceptors (Lipinski definition) is 5. The standard InChI is InChI=1S/C21H18O3S2/c1-4-20(22)25-14-13-24-18-9-5-16(6-10-18)17-7-11-19(12-8-17)26-21(23)15(2)3/h4-14H,1-2H2,3H3. The first-order valence-electron chi connectivity index (χ1n) is 7.72. The maximum atomic E-state index is 11.7. The zero-order valence-electron chi connectivity index (χ0n) is 14.3. The fourth-order valence-electron chi connectivity index (χ4n) is 1.88. The normalized spacial score (nSPS) is 10.5. The monoisotopic (exact) mass is 382 g/mol. The van der Waals surface area contributed by atoms with Crippen LogP contribution in [-0.4, -0.2) is 10.2 Å². The van der Waals surface area contributed by atoms with E-state index in [9.17, 15) is 9.59 Å². The molecule has 0 N–H and O–H groups in total. The van der Waals surface area contributed by atoms with Crippen LogP contribution in [0.2, 0.25) is 0 Å². The van der Waals surface area contributed by atoms with Gasteiger partial charge in [0.25, 0.3) is 0 Å². The number of carbonyl (C=O) groups is 2. The second-order valence-corrected chi connectivity index (χ2v) is 7.21. The molecule has 0 radical (unpaired) electrons. The number of ether oxygens (including phenoxy) is 1. The molecule has 0 aliphatic heterocycles. The zero-order chi connectivity index (χ0) is 18.9. The summed E-state index contributed by atoms with van der Waals surface area (Å²) in [6.07, 6.45) is 2.72. The Hall–Kier alpha value is -2.50. The second kappa shape index (κ2) is 9.85. The van der Waals surface area contributed by atoms with Crippen molar-refractivity contribution in [1.82, 2.24) is 0 Å². The fraction of sp³-hybridized carbons (Fsp3) is 0.0476. The quantitative estimate of drug-likeness (QED) is 0.342. The molecule has 0 fully saturated rings. The third-order valence-electron chi connectivity index (χ3n) is 3.21. The molecule has 2 aromatic rings. The Balaban J connectivity index is 1.97. The maximum Gasteiger partial charge on any atom is 0.219 e.